The van der Waals surface area contributed by atoms with Crippen LogP contribution >= 0.6 is 22.6 Å². The van der Waals surface area contributed by atoms with E-state index in [1.807, 2.05) is 0 Å². The minimum atomic E-state index is -0.188. The number of hydrogen-bond acceptors (Lipinski definition) is 1. The lowest BCUT2D eigenvalue weighted by Crippen LogP contribution is -2.22. The lowest BCUT2D eigenvalue weighted by molar-refractivity contribution is 0.0987. The van der Waals surface area contributed by atoms with Crippen molar-refractivity contribution in [2.45, 2.75) is 52.1 Å². The Bertz CT molecular complexity index is 307. The molecule has 0 heterocycles. The largest absolute Gasteiger partial charge is 0.392 e. The first-order chi connectivity index (χ1) is 8.17. The van der Waals surface area contributed by atoms with Crippen molar-refractivity contribution >= 4 is 22.6 Å². The number of halogens is 1. The molecule has 2 heteroatoms. The number of rotatable bonds is 7. The maximum Gasteiger partial charge on any atom is 0.0608 e. The first-order valence-corrected chi connectivity index (χ1v) is 7.67. The Morgan fingerprint density at radius 2 is 1.82 bits per heavy atom. The van der Waals surface area contributed by atoms with Gasteiger partial charge in [0.1, 0.15) is 0 Å². The Balaban J connectivity index is 2.51. The summed E-state index contributed by atoms with van der Waals surface area (Å²) in [5, 5.41) is 10.3. The van der Waals surface area contributed by atoms with E-state index in [2.05, 4.69) is 60.7 Å². The molecule has 0 aliphatic heterocycles. The third-order valence-corrected chi connectivity index (χ3v) is 4.07. The molecular formula is C15H23IO. The van der Waals surface area contributed by atoms with E-state index in [1.165, 1.54) is 22.0 Å². The highest BCUT2D eigenvalue weighted by Gasteiger charge is 2.17. The maximum atomic E-state index is 10.3. The van der Waals surface area contributed by atoms with Crippen LogP contribution in [-0.2, 0) is 6.42 Å². The maximum absolute atomic E-state index is 10.3. The summed E-state index contributed by atoms with van der Waals surface area (Å²) < 4.78 is 1.25. The Labute approximate surface area is 119 Å². The van der Waals surface area contributed by atoms with Gasteiger partial charge in [-0.05, 0) is 59.0 Å². The van der Waals surface area contributed by atoms with Gasteiger partial charge in [-0.1, -0.05) is 45.2 Å². The molecule has 1 N–H and O–H groups in total. The second-order valence-electron chi connectivity index (χ2n) is 4.71. The summed E-state index contributed by atoms with van der Waals surface area (Å²) in [6.45, 7) is 4.38. The topological polar surface area (TPSA) is 20.2 Å². The van der Waals surface area contributed by atoms with Crippen LogP contribution in [0.2, 0.25) is 0 Å². The van der Waals surface area contributed by atoms with Gasteiger partial charge < -0.3 is 5.11 Å². The zero-order chi connectivity index (χ0) is 12.7. The van der Waals surface area contributed by atoms with Crippen molar-refractivity contribution in [3.8, 4) is 0 Å². The molecule has 0 aliphatic rings. The van der Waals surface area contributed by atoms with Crippen molar-refractivity contribution < 1.29 is 5.11 Å². The molecular weight excluding hydrogens is 323 g/mol. The van der Waals surface area contributed by atoms with Gasteiger partial charge in [-0.2, -0.15) is 0 Å². The van der Waals surface area contributed by atoms with Crippen molar-refractivity contribution in [2.24, 2.45) is 5.92 Å². The average molecular weight is 346 g/mol. The van der Waals surface area contributed by atoms with Crippen molar-refractivity contribution in [1.82, 2.24) is 0 Å². The number of aliphatic hydroxyl groups excluding tert-OH is 1. The van der Waals surface area contributed by atoms with Crippen LogP contribution in [0.5, 0.6) is 0 Å². The lowest BCUT2D eigenvalue weighted by Gasteiger charge is -2.21. The summed E-state index contributed by atoms with van der Waals surface area (Å²) in [6.07, 6.45) is 5.27. The van der Waals surface area contributed by atoms with E-state index in [9.17, 15) is 5.11 Å². The Hall–Kier alpha value is -0.0900. The van der Waals surface area contributed by atoms with Crippen LogP contribution < -0.4 is 0 Å². The molecule has 0 saturated heterocycles. The number of aliphatic hydroxyl groups is 1. The summed E-state index contributed by atoms with van der Waals surface area (Å²) in [6, 6.07) is 8.46. The SMILES string of the molecule is CCCCC(CC)C(O)Cc1ccc(I)cc1. The Kier molecular flexibility index (Phi) is 7.12. The fraction of sp³-hybridized carbons (Fsp3) is 0.600. The smallest absolute Gasteiger partial charge is 0.0608 e. The molecule has 0 aromatic heterocycles. The summed E-state index contributed by atoms with van der Waals surface area (Å²) in [4.78, 5) is 0. The van der Waals surface area contributed by atoms with Gasteiger partial charge in [-0.3, -0.25) is 0 Å². The second kappa shape index (κ2) is 8.09. The quantitative estimate of drug-likeness (QED) is 0.725. The summed E-state index contributed by atoms with van der Waals surface area (Å²) in [7, 11) is 0. The molecule has 1 aromatic rings. The molecule has 96 valence electrons. The van der Waals surface area contributed by atoms with Gasteiger partial charge in [-0.15, -0.1) is 0 Å². The molecule has 1 aromatic carbocycles. The van der Waals surface area contributed by atoms with Gasteiger partial charge in [0.2, 0.25) is 0 Å². The van der Waals surface area contributed by atoms with Gasteiger partial charge >= 0.3 is 0 Å². The van der Waals surface area contributed by atoms with Crippen molar-refractivity contribution in [2.75, 3.05) is 0 Å². The second-order valence-corrected chi connectivity index (χ2v) is 5.95. The van der Waals surface area contributed by atoms with Crippen LogP contribution in [0.15, 0.2) is 24.3 Å². The molecule has 2 atom stereocenters. The van der Waals surface area contributed by atoms with Gasteiger partial charge in [0.15, 0.2) is 0 Å². The van der Waals surface area contributed by atoms with E-state index in [4.69, 9.17) is 0 Å². The standard InChI is InChI=1S/C15H23IO/c1-3-5-6-13(4-2)15(17)11-12-7-9-14(16)10-8-12/h7-10,13,15,17H,3-6,11H2,1-2H3. The third-order valence-electron chi connectivity index (χ3n) is 3.36. The van der Waals surface area contributed by atoms with Gasteiger partial charge in [0.25, 0.3) is 0 Å². The highest BCUT2D eigenvalue weighted by Crippen LogP contribution is 2.20. The van der Waals surface area contributed by atoms with Gasteiger partial charge in [0, 0.05) is 3.57 Å². The predicted molar refractivity (Wildman–Crippen MR) is 82.2 cm³/mol. The predicted octanol–water partition coefficient (Wildman–Crippen LogP) is 4.41. The molecule has 0 spiro atoms. The minimum Gasteiger partial charge on any atom is -0.392 e. The summed E-state index contributed by atoms with van der Waals surface area (Å²) >= 11 is 2.31. The minimum absolute atomic E-state index is 0.188. The molecule has 2 unspecified atom stereocenters. The summed E-state index contributed by atoms with van der Waals surface area (Å²) in [5.74, 6) is 0.453. The van der Waals surface area contributed by atoms with E-state index in [1.54, 1.807) is 0 Å². The fourth-order valence-electron chi connectivity index (χ4n) is 2.16. The molecule has 0 radical (unpaired) electrons. The van der Waals surface area contributed by atoms with E-state index < -0.39 is 0 Å². The number of unbranched alkanes of at least 4 members (excludes halogenated alkanes) is 1. The average Bonchev–Trinajstić information content (AvgIpc) is 2.33. The normalized spacial score (nSPS) is 14.6. The van der Waals surface area contributed by atoms with E-state index in [0.29, 0.717) is 5.92 Å². The van der Waals surface area contributed by atoms with Crippen LogP contribution in [0.1, 0.15) is 45.1 Å². The molecule has 0 aliphatic carbocycles. The van der Waals surface area contributed by atoms with Crippen molar-refractivity contribution in [3.05, 3.63) is 33.4 Å². The zero-order valence-electron chi connectivity index (χ0n) is 10.8. The molecule has 17 heavy (non-hydrogen) atoms. The van der Waals surface area contributed by atoms with Gasteiger partial charge in [-0.25, -0.2) is 0 Å². The molecule has 1 rings (SSSR count). The zero-order valence-corrected chi connectivity index (χ0v) is 13.0. The van der Waals surface area contributed by atoms with E-state index in [-0.39, 0.29) is 6.10 Å². The molecule has 0 bridgehead atoms. The van der Waals surface area contributed by atoms with Crippen molar-refractivity contribution in [3.63, 3.8) is 0 Å². The van der Waals surface area contributed by atoms with Crippen LogP contribution in [0.4, 0.5) is 0 Å². The first-order valence-electron chi connectivity index (χ1n) is 6.59. The van der Waals surface area contributed by atoms with Crippen LogP contribution in [0, 0.1) is 9.49 Å². The fourth-order valence-corrected chi connectivity index (χ4v) is 2.52. The molecule has 0 fully saturated rings. The van der Waals surface area contributed by atoms with Crippen LogP contribution in [0.25, 0.3) is 0 Å². The summed E-state index contributed by atoms with van der Waals surface area (Å²) in [5.41, 5.74) is 1.24. The Morgan fingerprint density at radius 3 is 2.35 bits per heavy atom. The van der Waals surface area contributed by atoms with E-state index in [0.717, 1.165) is 19.3 Å². The molecule has 0 saturated carbocycles. The highest BCUT2D eigenvalue weighted by molar-refractivity contribution is 14.1. The first kappa shape index (κ1) is 15.0. The molecule has 1 nitrogen and oxygen atoms in total. The Morgan fingerprint density at radius 1 is 1.18 bits per heavy atom. The highest BCUT2D eigenvalue weighted by atomic mass is 127. The number of hydrogen-bond donors (Lipinski definition) is 1. The lowest BCUT2D eigenvalue weighted by atomic mass is 9.90. The third kappa shape index (κ3) is 5.38. The van der Waals surface area contributed by atoms with E-state index >= 15 is 0 Å². The van der Waals surface area contributed by atoms with Crippen LogP contribution in [-0.4, -0.2) is 11.2 Å². The van der Waals surface area contributed by atoms with Gasteiger partial charge in [0.05, 0.1) is 6.10 Å². The number of benzene rings is 1. The van der Waals surface area contributed by atoms with Crippen LogP contribution in [0.3, 0.4) is 0 Å². The molecule has 0 amide bonds. The van der Waals surface area contributed by atoms with Crippen molar-refractivity contribution in [1.29, 1.82) is 0 Å². The monoisotopic (exact) mass is 346 g/mol.